The Morgan fingerprint density at radius 3 is 2.48 bits per heavy atom. The average molecular weight is 343 g/mol. The van der Waals surface area contributed by atoms with Crippen molar-refractivity contribution in [2.45, 2.75) is 19.4 Å². The summed E-state index contributed by atoms with van der Waals surface area (Å²) in [6.45, 7) is 2.41. The Morgan fingerprint density at radius 1 is 1.04 bits per heavy atom. The van der Waals surface area contributed by atoms with E-state index in [4.69, 9.17) is 9.94 Å². The largest absolute Gasteiger partial charge is 0.495 e. The smallest absolute Gasteiger partial charge is 0.243 e. The lowest BCUT2D eigenvalue weighted by Gasteiger charge is -2.11. The van der Waals surface area contributed by atoms with Crippen LogP contribution in [0.3, 0.4) is 0 Å². The Labute approximate surface area is 148 Å². The van der Waals surface area contributed by atoms with Crippen LogP contribution >= 0.6 is 0 Å². The molecule has 0 aliphatic rings. The third kappa shape index (κ3) is 6.45. The number of amides is 1. The maximum absolute atomic E-state index is 11.0. The van der Waals surface area contributed by atoms with Gasteiger partial charge in [-0.1, -0.05) is 36.4 Å². The summed E-state index contributed by atoms with van der Waals surface area (Å²) in [6, 6.07) is 16.0. The number of carbonyl (C=O) groups excluding carboxylic acids is 1. The van der Waals surface area contributed by atoms with Gasteiger partial charge in [-0.05, 0) is 29.7 Å². The second-order valence-electron chi connectivity index (χ2n) is 5.66. The Hall–Kier alpha value is -2.57. The number of methoxy groups -OCH3 is 1. The molecule has 2 aromatic rings. The van der Waals surface area contributed by atoms with E-state index in [0.717, 1.165) is 36.6 Å². The van der Waals surface area contributed by atoms with Crippen molar-refractivity contribution < 1.29 is 14.7 Å². The van der Waals surface area contributed by atoms with Crippen LogP contribution in [0.4, 0.5) is 5.69 Å². The zero-order chi connectivity index (χ0) is 17.9. The molecule has 4 N–H and O–H groups in total. The molecule has 0 saturated heterocycles. The van der Waals surface area contributed by atoms with E-state index in [1.165, 1.54) is 5.56 Å². The topological polar surface area (TPSA) is 82.6 Å². The van der Waals surface area contributed by atoms with Crippen LogP contribution in [0, 0.1) is 0 Å². The van der Waals surface area contributed by atoms with Crippen molar-refractivity contribution in [3.05, 3.63) is 59.7 Å². The van der Waals surface area contributed by atoms with Gasteiger partial charge < -0.3 is 15.4 Å². The zero-order valence-electron chi connectivity index (χ0n) is 14.4. The van der Waals surface area contributed by atoms with Gasteiger partial charge in [0.25, 0.3) is 0 Å². The monoisotopic (exact) mass is 343 g/mol. The van der Waals surface area contributed by atoms with Gasteiger partial charge in [0.05, 0.1) is 12.8 Å². The van der Waals surface area contributed by atoms with Crippen molar-refractivity contribution in [3.8, 4) is 5.75 Å². The SMILES string of the molecule is COc1ccccc1NCCNCc1ccc(CCC(=O)NO)cc1. The summed E-state index contributed by atoms with van der Waals surface area (Å²) in [7, 11) is 1.67. The van der Waals surface area contributed by atoms with Crippen LogP contribution in [0.5, 0.6) is 5.75 Å². The van der Waals surface area contributed by atoms with Crippen LogP contribution in [-0.2, 0) is 17.8 Å². The van der Waals surface area contributed by atoms with Gasteiger partial charge in [0, 0.05) is 26.1 Å². The van der Waals surface area contributed by atoms with E-state index in [1.54, 1.807) is 12.6 Å². The lowest BCUT2D eigenvalue weighted by molar-refractivity contribution is -0.129. The van der Waals surface area contributed by atoms with Gasteiger partial charge >= 0.3 is 0 Å². The van der Waals surface area contributed by atoms with Crippen LogP contribution in [0.1, 0.15) is 17.5 Å². The molecule has 0 aromatic heterocycles. The molecule has 0 heterocycles. The van der Waals surface area contributed by atoms with Crippen molar-refractivity contribution in [2.24, 2.45) is 0 Å². The minimum atomic E-state index is -0.367. The van der Waals surface area contributed by atoms with Crippen LogP contribution in [0.15, 0.2) is 48.5 Å². The maximum atomic E-state index is 11.0. The Morgan fingerprint density at radius 2 is 1.76 bits per heavy atom. The standard InChI is InChI=1S/C19H25N3O3/c1-25-18-5-3-2-4-17(18)21-13-12-20-14-16-8-6-15(7-9-16)10-11-19(23)22-24/h2-9,20-21,24H,10-14H2,1H3,(H,22,23). The predicted molar refractivity (Wildman–Crippen MR) is 97.9 cm³/mol. The third-order valence-corrected chi connectivity index (χ3v) is 3.84. The number of hydroxylamine groups is 1. The molecule has 0 radical (unpaired) electrons. The van der Waals surface area contributed by atoms with Crippen LogP contribution < -0.4 is 20.9 Å². The fraction of sp³-hybridized carbons (Fsp3) is 0.316. The molecule has 1 amide bonds. The minimum Gasteiger partial charge on any atom is -0.495 e. The normalized spacial score (nSPS) is 10.3. The second-order valence-corrected chi connectivity index (χ2v) is 5.66. The number of anilines is 1. The molecule has 6 nitrogen and oxygen atoms in total. The number of benzene rings is 2. The summed E-state index contributed by atoms with van der Waals surface area (Å²) < 4.78 is 5.30. The molecule has 25 heavy (non-hydrogen) atoms. The summed E-state index contributed by atoms with van der Waals surface area (Å²) in [5.41, 5.74) is 4.89. The average Bonchev–Trinajstić information content (AvgIpc) is 2.67. The lowest BCUT2D eigenvalue weighted by atomic mass is 10.1. The van der Waals surface area contributed by atoms with Gasteiger partial charge in [-0.2, -0.15) is 0 Å². The molecule has 6 heteroatoms. The molecule has 0 atom stereocenters. The predicted octanol–water partition coefficient (Wildman–Crippen LogP) is 2.33. The lowest BCUT2D eigenvalue weighted by Crippen LogP contribution is -2.22. The first-order valence-corrected chi connectivity index (χ1v) is 8.31. The van der Waals surface area contributed by atoms with Crippen molar-refractivity contribution in [1.82, 2.24) is 10.8 Å². The molecule has 0 bridgehead atoms. The highest BCUT2D eigenvalue weighted by molar-refractivity contribution is 5.74. The molecule has 0 unspecified atom stereocenters. The first-order chi connectivity index (χ1) is 12.2. The van der Waals surface area contributed by atoms with E-state index in [0.29, 0.717) is 6.42 Å². The second kappa shape index (κ2) is 10.3. The molecular formula is C19H25N3O3. The van der Waals surface area contributed by atoms with Crippen LogP contribution in [-0.4, -0.2) is 31.3 Å². The summed E-state index contributed by atoms with van der Waals surface area (Å²) in [5, 5.41) is 15.2. The fourth-order valence-electron chi connectivity index (χ4n) is 2.45. The number of carbonyl (C=O) groups is 1. The van der Waals surface area contributed by atoms with Crippen LogP contribution in [0.2, 0.25) is 0 Å². The number of nitrogens with one attached hydrogen (secondary N) is 3. The van der Waals surface area contributed by atoms with Gasteiger partial charge in [-0.15, -0.1) is 0 Å². The van der Waals surface area contributed by atoms with Gasteiger partial charge in [-0.3, -0.25) is 10.0 Å². The van der Waals surface area contributed by atoms with E-state index in [9.17, 15) is 4.79 Å². The minimum absolute atomic E-state index is 0.280. The van der Waals surface area contributed by atoms with Crippen molar-refractivity contribution >= 4 is 11.6 Å². The first kappa shape index (κ1) is 18.8. The molecule has 2 aromatic carbocycles. The Kier molecular flexibility index (Phi) is 7.75. The first-order valence-electron chi connectivity index (χ1n) is 8.31. The van der Waals surface area contributed by atoms with Gasteiger partial charge in [-0.25, -0.2) is 5.48 Å². The summed E-state index contributed by atoms with van der Waals surface area (Å²) in [4.78, 5) is 11.0. The van der Waals surface area contributed by atoms with E-state index < -0.39 is 0 Å². The molecule has 0 saturated carbocycles. The molecule has 0 aliphatic heterocycles. The molecular weight excluding hydrogens is 318 g/mol. The Balaban J connectivity index is 1.67. The highest BCUT2D eigenvalue weighted by Crippen LogP contribution is 2.22. The quantitative estimate of drug-likeness (QED) is 0.302. The van der Waals surface area contributed by atoms with Gasteiger partial charge in [0.1, 0.15) is 5.75 Å². The molecule has 0 aliphatic carbocycles. The number of hydrogen-bond donors (Lipinski definition) is 4. The summed E-state index contributed by atoms with van der Waals surface area (Å²) in [5.74, 6) is 0.473. The van der Waals surface area contributed by atoms with Crippen LogP contribution in [0.25, 0.3) is 0 Å². The summed E-state index contributed by atoms with van der Waals surface area (Å²) in [6.07, 6.45) is 0.894. The van der Waals surface area contributed by atoms with Crippen molar-refractivity contribution in [3.63, 3.8) is 0 Å². The van der Waals surface area contributed by atoms with Crippen molar-refractivity contribution in [1.29, 1.82) is 0 Å². The number of aryl methyl sites for hydroxylation is 1. The van der Waals surface area contributed by atoms with Crippen molar-refractivity contribution in [2.75, 3.05) is 25.5 Å². The number of para-hydroxylation sites is 2. The van der Waals surface area contributed by atoms with E-state index in [2.05, 4.69) is 10.6 Å². The number of rotatable bonds is 10. The molecule has 0 fully saturated rings. The highest BCUT2D eigenvalue weighted by Gasteiger charge is 2.01. The highest BCUT2D eigenvalue weighted by atomic mass is 16.5. The molecule has 0 spiro atoms. The van der Waals surface area contributed by atoms with E-state index in [-0.39, 0.29) is 12.3 Å². The van der Waals surface area contributed by atoms with Gasteiger partial charge in [0.15, 0.2) is 0 Å². The fourth-order valence-corrected chi connectivity index (χ4v) is 2.45. The maximum Gasteiger partial charge on any atom is 0.243 e. The van der Waals surface area contributed by atoms with Gasteiger partial charge in [0.2, 0.25) is 5.91 Å². The van der Waals surface area contributed by atoms with E-state index in [1.807, 2.05) is 48.5 Å². The Bertz CT molecular complexity index is 659. The number of ether oxygens (including phenoxy) is 1. The zero-order valence-corrected chi connectivity index (χ0v) is 14.4. The molecule has 2 rings (SSSR count). The summed E-state index contributed by atoms with van der Waals surface area (Å²) >= 11 is 0. The number of hydrogen-bond acceptors (Lipinski definition) is 5. The third-order valence-electron chi connectivity index (χ3n) is 3.84. The molecule has 134 valence electrons. The van der Waals surface area contributed by atoms with E-state index >= 15 is 0 Å².